The topological polar surface area (TPSA) is 113 Å². The number of carboxylic acids is 1. The van der Waals surface area contributed by atoms with Gasteiger partial charge in [0, 0.05) is 5.69 Å². The molecule has 28 heavy (non-hydrogen) atoms. The third-order valence-electron chi connectivity index (χ3n) is 5.12. The zero-order valence-electron chi connectivity index (χ0n) is 15.5. The number of hydrogen-bond donors (Lipinski definition) is 3. The molecular weight excluding hydrogens is 358 g/mol. The van der Waals surface area contributed by atoms with E-state index in [1.54, 1.807) is 30.3 Å². The molecule has 3 unspecified atom stereocenters. The molecule has 4 N–H and O–H groups in total. The van der Waals surface area contributed by atoms with Gasteiger partial charge in [-0.15, -0.1) is 0 Å². The maximum absolute atomic E-state index is 13.1. The Kier molecular flexibility index (Phi) is 5.75. The monoisotopic (exact) mass is 381 g/mol. The second kappa shape index (κ2) is 8.22. The minimum absolute atomic E-state index is 0.0261. The molecule has 0 bridgehead atoms. The van der Waals surface area contributed by atoms with Crippen molar-refractivity contribution >= 4 is 23.5 Å². The van der Waals surface area contributed by atoms with Crippen LogP contribution in [0.3, 0.4) is 0 Å². The van der Waals surface area contributed by atoms with Crippen molar-refractivity contribution in [2.24, 2.45) is 11.7 Å². The number of rotatable bonds is 5. The average Bonchev–Trinajstić information content (AvgIpc) is 3.11. The van der Waals surface area contributed by atoms with Crippen LogP contribution in [-0.4, -0.2) is 40.4 Å². The van der Waals surface area contributed by atoms with Crippen LogP contribution in [-0.2, 0) is 14.4 Å². The normalized spacial score (nSPS) is 21.4. The fraction of sp³-hybridized carbons (Fsp3) is 0.286. The minimum Gasteiger partial charge on any atom is -0.480 e. The number of nitrogens with one attached hydrogen (secondary N) is 1. The summed E-state index contributed by atoms with van der Waals surface area (Å²) in [6, 6.07) is 14.6. The van der Waals surface area contributed by atoms with Crippen LogP contribution >= 0.6 is 0 Å². The summed E-state index contributed by atoms with van der Waals surface area (Å²) < 4.78 is 0. The number of nitrogens with two attached hydrogens (primary N) is 1. The van der Waals surface area contributed by atoms with Gasteiger partial charge >= 0.3 is 5.97 Å². The van der Waals surface area contributed by atoms with Gasteiger partial charge in [-0.3, -0.25) is 9.59 Å². The van der Waals surface area contributed by atoms with E-state index in [1.807, 2.05) is 31.2 Å². The molecule has 1 heterocycles. The smallest absolute Gasteiger partial charge is 0.326 e. The van der Waals surface area contributed by atoms with E-state index in [4.69, 9.17) is 5.73 Å². The molecule has 1 aliphatic rings. The van der Waals surface area contributed by atoms with E-state index in [0.717, 1.165) is 5.56 Å². The highest BCUT2D eigenvalue weighted by Crippen LogP contribution is 2.42. The van der Waals surface area contributed by atoms with Crippen LogP contribution in [0.25, 0.3) is 0 Å². The second-order valence-electron chi connectivity index (χ2n) is 6.86. The van der Waals surface area contributed by atoms with Crippen LogP contribution in [0.15, 0.2) is 54.6 Å². The summed E-state index contributed by atoms with van der Waals surface area (Å²) in [5.74, 6) is -2.67. The van der Waals surface area contributed by atoms with Gasteiger partial charge in [-0.1, -0.05) is 48.5 Å². The van der Waals surface area contributed by atoms with Gasteiger partial charge in [0.25, 0.3) is 0 Å². The number of benzene rings is 2. The Morgan fingerprint density at radius 2 is 1.75 bits per heavy atom. The molecule has 2 aromatic rings. The first kappa shape index (κ1) is 19.6. The molecule has 146 valence electrons. The fourth-order valence-corrected chi connectivity index (χ4v) is 3.76. The van der Waals surface area contributed by atoms with Gasteiger partial charge in [0.15, 0.2) is 0 Å². The summed E-state index contributed by atoms with van der Waals surface area (Å²) >= 11 is 0. The average molecular weight is 381 g/mol. The van der Waals surface area contributed by atoms with E-state index < -0.39 is 29.9 Å². The van der Waals surface area contributed by atoms with Crippen molar-refractivity contribution in [3.05, 3.63) is 65.7 Å². The number of likely N-dealkylation sites (tertiary alicyclic amines) is 1. The molecule has 3 atom stereocenters. The van der Waals surface area contributed by atoms with Gasteiger partial charge in [0.05, 0.1) is 18.5 Å². The van der Waals surface area contributed by atoms with Gasteiger partial charge in [-0.25, -0.2) is 4.79 Å². The standard InChI is InChI=1S/C21H23N3O4/c1-13-7-5-6-10-16(13)23-20(26)15-11-17(21(27)28)24(18(25)12-22)19(15)14-8-3-2-4-9-14/h2-10,15,17,19H,11-12,22H2,1H3,(H,23,26)(H,27,28). The van der Waals surface area contributed by atoms with Crippen LogP contribution < -0.4 is 11.1 Å². The van der Waals surface area contributed by atoms with Crippen molar-refractivity contribution in [3.8, 4) is 0 Å². The number of nitrogens with zero attached hydrogens (tertiary/aromatic N) is 1. The molecule has 7 heteroatoms. The molecule has 0 aromatic heterocycles. The Labute approximate surface area is 163 Å². The zero-order chi connectivity index (χ0) is 20.3. The lowest BCUT2D eigenvalue weighted by molar-refractivity contribution is -0.149. The largest absolute Gasteiger partial charge is 0.480 e. The summed E-state index contributed by atoms with van der Waals surface area (Å²) in [5, 5.41) is 12.5. The van der Waals surface area contributed by atoms with E-state index in [2.05, 4.69) is 5.32 Å². The van der Waals surface area contributed by atoms with Gasteiger partial charge in [0.1, 0.15) is 6.04 Å². The quantitative estimate of drug-likeness (QED) is 0.733. The molecule has 1 saturated heterocycles. The Hall–Kier alpha value is -3.19. The first-order valence-electron chi connectivity index (χ1n) is 9.09. The van der Waals surface area contributed by atoms with Crippen LogP contribution in [0.4, 0.5) is 5.69 Å². The lowest BCUT2D eigenvalue weighted by Gasteiger charge is -2.30. The number of carbonyl (C=O) groups excluding carboxylic acids is 2. The SMILES string of the molecule is Cc1ccccc1NC(=O)C1CC(C(=O)O)N(C(=O)CN)C1c1ccccc1. The van der Waals surface area contributed by atoms with Crippen molar-refractivity contribution in [2.45, 2.75) is 25.4 Å². The Bertz CT molecular complexity index is 884. The van der Waals surface area contributed by atoms with E-state index in [-0.39, 0.29) is 18.9 Å². The molecule has 0 spiro atoms. The molecule has 2 aromatic carbocycles. The summed E-state index contributed by atoms with van der Waals surface area (Å²) in [7, 11) is 0. The highest BCUT2D eigenvalue weighted by molar-refractivity contribution is 5.96. The molecule has 1 aliphatic heterocycles. The number of anilines is 1. The number of aliphatic carboxylic acids is 1. The van der Waals surface area contributed by atoms with Crippen molar-refractivity contribution in [3.63, 3.8) is 0 Å². The summed E-state index contributed by atoms with van der Waals surface area (Å²) in [6.07, 6.45) is 0.0261. The first-order valence-corrected chi connectivity index (χ1v) is 9.09. The molecule has 3 rings (SSSR count). The van der Waals surface area contributed by atoms with E-state index >= 15 is 0 Å². The maximum atomic E-state index is 13.1. The Morgan fingerprint density at radius 1 is 1.11 bits per heavy atom. The molecular formula is C21H23N3O4. The number of hydrogen-bond acceptors (Lipinski definition) is 4. The molecule has 1 fully saturated rings. The van der Waals surface area contributed by atoms with Crippen LogP contribution in [0, 0.1) is 12.8 Å². The van der Waals surface area contributed by atoms with Gasteiger partial charge in [-0.2, -0.15) is 0 Å². The molecule has 7 nitrogen and oxygen atoms in total. The second-order valence-corrected chi connectivity index (χ2v) is 6.86. The number of carbonyl (C=O) groups is 3. The Morgan fingerprint density at radius 3 is 2.36 bits per heavy atom. The Balaban J connectivity index is 1.99. The van der Waals surface area contributed by atoms with Crippen LogP contribution in [0.1, 0.15) is 23.6 Å². The van der Waals surface area contributed by atoms with Crippen molar-refractivity contribution < 1.29 is 19.5 Å². The third-order valence-corrected chi connectivity index (χ3v) is 5.12. The molecule has 0 radical (unpaired) electrons. The third kappa shape index (κ3) is 3.75. The minimum atomic E-state index is -1.14. The predicted molar refractivity (Wildman–Crippen MR) is 104 cm³/mol. The highest BCUT2D eigenvalue weighted by atomic mass is 16.4. The highest BCUT2D eigenvalue weighted by Gasteiger charge is 2.50. The number of aryl methyl sites for hydroxylation is 1. The predicted octanol–water partition coefficient (Wildman–Crippen LogP) is 1.94. The van der Waals surface area contributed by atoms with E-state index in [0.29, 0.717) is 11.3 Å². The van der Waals surface area contributed by atoms with Gasteiger partial charge in [0.2, 0.25) is 11.8 Å². The number of para-hydroxylation sites is 1. The van der Waals surface area contributed by atoms with Crippen molar-refractivity contribution in [1.29, 1.82) is 0 Å². The maximum Gasteiger partial charge on any atom is 0.326 e. The number of amides is 2. The first-order chi connectivity index (χ1) is 13.4. The zero-order valence-corrected chi connectivity index (χ0v) is 15.5. The fourth-order valence-electron chi connectivity index (χ4n) is 3.76. The molecule has 0 saturated carbocycles. The van der Waals surface area contributed by atoms with Crippen molar-refractivity contribution in [2.75, 3.05) is 11.9 Å². The van der Waals surface area contributed by atoms with Gasteiger partial charge in [-0.05, 0) is 30.5 Å². The summed E-state index contributed by atoms with van der Waals surface area (Å²) in [6.45, 7) is 1.56. The lowest BCUT2D eigenvalue weighted by atomic mass is 9.92. The lowest BCUT2D eigenvalue weighted by Crippen LogP contribution is -2.45. The van der Waals surface area contributed by atoms with Crippen molar-refractivity contribution in [1.82, 2.24) is 4.90 Å². The molecule has 2 amide bonds. The molecule has 0 aliphatic carbocycles. The van der Waals surface area contributed by atoms with Crippen LogP contribution in [0.2, 0.25) is 0 Å². The van der Waals surface area contributed by atoms with E-state index in [1.165, 1.54) is 4.90 Å². The van der Waals surface area contributed by atoms with E-state index in [9.17, 15) is 19.5 Å². The summed E-state index contributed by atoms with van der Waals surface area (Å²) in [5.41, 5.74) is 7.80. The summed E-state index contributed by atoms with van der Waals surface area (Å²) in [4.78, 5) is 38.7. The van der Waals surface area contributed by atoms with Gasteiger partial charge < -0.3 is 21.1 Å². The van der Waals surface area contributed by atoms with Crippen LogP contribution in [0.5, 0.6) is 0 Å². The number of carboxylic acid groups (broad SMARTS) is 1.